The molecule has 1 amide bonds. The van der Waals surface area contributed by atoms with Crippen molar-refractivity contribution in [3.05, 3.63) is 50.7 Å². The lowest BCUT2D eigenvalue weighted by Gasteiger charge is -2.24. The maximum absolute atomic E-state index is 12.6. The Kier molecular flexibility index (Phi) is 7.94. The molecule has 0 radical (unpaired) electrons. The standard InChI is InChI=1S/C23H30N4O6/c1-4-26-21(24)20(22(29)27(5-2)23(26)30)25-19(28)9-7-15-6-8-17(18(14-15)31-3)33-16-10-12-32-13-11-16/h6-9,14,16H,4-5,10-13,24H2,1-3H3,(H,25,28)/b9-7+. The van der Waals surface area contributed by atoms with Crippen LogP contribution in [-0.2, 0) is 22.6 Å². The zero-order valence-electron chi connectivity index (χ0n) is 19.1. The Labute approximate surface area is 191 Å². The van der Waals surface area contributed by atoms with Crippen LogP contribution >= 0.6 is 0 Å². The number of ether oxygens (including phenoxy) is 3. The van der Waals surface area contributed by atoms with Crippen molar-refractivity contribution in [2.24, 2.45) is 0 Å². The number of hydrogen-bond donors (Lipinski definition) is 2. The van der Waals surface area contributed by atoms with Crippen LogP contribution in [0.3, 0.4) is 0 Å². The molecule has 1 aliphatic rings. The maximum atomic E-state index is 12.6. The van der Waals surface area contributed by atoms with Gasteiger partial charge in [0, 0.05) is 32.0 Å². The number of carbonyl (C=O) groups is 1. The lowest BCUT2D eigenvalue weighted by atomic mass is 10.1. The maximum Gasteiger partial charge on any atom is 0.332 e. The second-order valence-corrected chi connectivity index (χ2v) is 7.50. The number of rotatable bonds is 8. The minimum absolute atomic E-state index is 0.0730. The number of nitrogens with one attached hydrogen (secondary N) is 1. The number of methoxy groups -OCH3 is 1. The molecular weight excluding hydrogens is 428 g/mol. The molecule has 0 aliphatic carbocycles. The van der Waals surface area contributed by atoms with Crippen molar-refractivity contribution in [2.45, 2.75) is 45.9 Å². The van der Waals surface area contributed by atoms with Gasteiger partial charge in [-0.05, 0) is 37.6 Å². The first-order valence-electron chi connectivity index (χ1n) is 10.9. The smallest absolute Gasteiger partial charge is 0.332 e. The molecule has 10 heteroatoms. The van der Waals surface area contributed by atoms with Crippen molar-refractivity contribution in [1.82, 2.24) is 9.13 Å². The van der Waals surface area contributed by atoms with Gasteiger partial charge in [0.1, 0.15) is 17.6 Å². The Hall–Kier alpha value is -3.53. The van der Waals surface area contributed by atoms with E-state index in [-0.39, 0.29) is 30.7 Å². The van der Waals surface area contributed by atoms with Crippen LogP contribution in [0.25, 0.3) is 6.08 Å². The average molecular weight is 459 g/mol. The summed E-state index contributed by atoms with van der Waals surface area (Å²) in [4.78, 5) is 37.4. The number of benzene rings is 1. The highest BCUT2D eigenvalue weighted by Crippen LogP contribution is 2.31. The van der Waals surface area contributed by atoms with Gasteiger partial charge in [-0.1, -0.05) is 6.07 Å². The first-order chi connectivity index (χ1) is 15.9. The molecule has 1 aromatic carbocycles. The van der Waals surface area contributed by atoms with Crippen LogP contribution in [0.5, 0.6) is 11.5 Å². The topological polar surface area (TPSA) is 127 Å². The number of amides is 1. The van der Waals surface area contributed by atoms with Crippen LogP contribution in [0.1, 0.15) is 32.3 Å². The second kappa shape index (κ2) is 10.9. The van der Waals surface area contributed by atoms with Crippen LogP contribution in [0.15, 0.2) is 33.9 Å². The molecule has 2 heterocycles. The normalized spacial score (nSPS) is 14.4. The van der Waals surface area contributed by atoms with Crippen molar-refractivity contribution in [1.29, 1.82) is 0 Å². The zero-order chi connectivity index (χ0) is 24.0. The SMILES string of the molecule is CCn1c(N)c(NC(=O)/C=C/c2ccc(OC3CCOCC3)c(OC)c2)c(=O)n(CC)c1=O. The van der Waals surface area contributed by atoms with E-state index in [4.69, 9.17) is 19.9 Å². The van der Waals surface area contributed by atoms with E-state index in [2.05, 4.69) is 5.32 Å². The number of carbonyl (C=O) groups excluding carboxylic acids is 1. The lowest BCUT2D eigenvalue weighted by molar-refractivity contribution is -0.111. The summed E-state index contributed by atoms with van der Waals surface area (Å²) in [5, 5.41) is 2.51. The molecule has 0 bridgehead atoms. The monoisotopic (exact) mass is 458 g/mol. The fourth-order valence-electron chi connectivity index (χ4n) is 3.61. The number of nitrogens with two attached hydrogens (primary N) is 1. The molecule has 178 valence electrons. The Morgan fingerprint density at radius 1 is 1.18 bits per heavy atom. The number of nitrogens with zero attached hydrogens (tertiary/aromatic N) is 2. The molecule has 2 aromatic rings. The van der Waals surface area contributed by atoms with E-state index in [0.717, 1.165) is 17.4 Å². The zero-order valence-corrected chi connectivity index (χ0v) is 19.1. The van der Waals surface area contributed by atoms with Crippen LogP contribution in [0.2, 0.25) is 0 Å². The van der Waals surface area contributed by atoms with Gasteiger partial charge in [-0.15, -0.1) is 0 Å². The van der Waals surface area contributed by atoms with Crippen molar-refractivity contribution >= 4 is 23.5 Å². The summed E-state index contributed by atoms with van der Waals surface area (Å²) in [6, 6.07) is 5.35. The van der Waals surface area contributed by atoms with Crippen LogP contribution in [0.4, 0.5) is 11.5 Å². The number of hydrogen-bond acceptors (Lipinski definition) is 7. The van der Waals surface area contributed by atoms with Gasteiger partial charge >= 0.3 is 5.69 Å². The molecule has 3 N–H and O–H groups in total. The van der Waals surface area contributed by atoms with Gasteiger partial charge in [0.25, 0.3) is 5.56 Å². The molecular formula is C23H30N4O6. The summed E-state index contributed by atoms with van der Waals surface area (Å²) in [5.41, 5.74) is 5.42. The molecule has 33 heavy (non-hydrogen) atoms. The molecule has 1 saturated heterocycles. The van der Waals surface area contributed by atoms with E-state index in [1.807, 2.05) is 0 Å². The van der Waals surface area contributed by atoms with E-state index >= 15 is 0 Å². The molecule has 0 saturated carbocycles. The van der Waals surface area contributed by atoms with E-state index in [1.54, 1.807) is 45.2 Å². The summed E-state index contributed by atoms with van der Waals surface area (Å²) in [6.45, 7) is 5.19. The third-order valence-electron chi connectivity index (χ3n) is 5.43. The van der Waals surface area contributed by atoms with Gasteiger partial charge in [-0.25, -0.2) is 4.79 Å². The first kappa shape index (κ1) is 24.1. The highest BCUT2D eigenvalue weighted by molar-refractivity contribution is 6.03. The predicted molar refractivity (Wildman–Crippen MR) is 126 cm³/mol. The van der Waals surface area contributed by atoms with Crippen LogP contribution < -0.4 is 31.8 Å². The molecule has 0 unspecified atom stereocenters. The molecule has 1 aromatic heterocycles. The third kappa shape index (κ3) is 5.46. The lowest BCUT2D eigenvalue weighted by Crippen LogP contribution is -2.42. The van der Waals surface area contributed by atoms with E-state index in [9.17, 15) is 14.4 Å². The van der Waals surface area contributed by atoms with E-state index in [1.165, 1.54) is 10.6 Å². The van der Waals surface area contributed by atoms with E-state index < -0.39 is 17.2 Å². The quantitative estimate of drug-likeness (QED) is 0.578. The molecule has 0 spiro atoms. The van der Waals surface area contributed by atoms with Crippen molar-refractivity contribution < 1.29 is 19.0 Å². The minimum atomic E-state index is -0.636. The van der Waals surface area contributed by atoms with Crippen LogP contribution in [0, 0.1) is 0 Å². The van der Waals surface area contributed by atoms with Gasteiger partial charge in [-0.2, -0.15) is 0 Å². The fraction of sp³-hybridized carbons (Fsp3) is 0.435. The summed E-state index contributed by atoms with van der Waals surface area (Å²) in [5.74, 6) is 0.550. The summed E-state index contributed by atoms with van der Waals surface area (Å²) < 4.78 is 19.1. The predicted octanol–water partition coefficient (Wildman–Crippen LogP) is 1.85. The Balaban J connectivity index is 1.77. The largest absolute Gasteiger partial charge is 0.493 e. The van der Waals surface area contributed by atoms with Gasteiger partial charge in [0.2, 0.25) is 5.91 Å². The number of nitrogen functional groups attached to an aromatic ring is 1. The van der Waals surface area contributed by atoms with Crippen LogP contribution in [-0.4, -0.2) is 41.5 Å². The summed E-state index contributed by atoms with van der Waals surface area (Å²) in [7, 11) is 1.55. The Bertz CT molecular complexity index is 1140. The summed E-state index contributed by atoms with van der Waals surface area (Å²) in [6.07, 6.45) is 4.58. The third-order valence-corrected chi connectivity index (χ3v) is 5.43. The molecule has 3 rings (SSSR count). The van der Waals surface area contributed by atoms with Gasteiger partial charge in [-0.3, -0.25) is 18.7 Å². The number of anilines is 2. The number of aromatic nitrogens is 2. The second-order valence-electron chi connectivity index (χ2n) is 7.50. The highest BCUT2D eigenvalue weighted by Gasteiger charge is 2.18. The minimum Gasteiger partial charge on any atom is -0.493 e. The molecule has 1 aliphatic heterocycles. The van der Waals surface area contributed by atoms with Gasteiger partial charge in [0.05, 0.1) is 20.3 Å². The fourth-order valence-corrected chi connectivity index (χ4v) is 3.61. The average Bonchev–Trinajstić information content (AvgIpc) is 2.82. The van der Waals surface area contributed by atoms with E-state index in [0.29, 0.717) is 30.3 Å². The molecule has 10 nitrogen and oxygen atoms in total. The van der Waals surface area contributed by atoms with Gasteiger partial charge in [0.15, 0.2) is 11.5 Å². The Morgan fingerprint density at radius 2 is 1.88 bits per heavy atom. The molecule has 1 fully saturated rings. The summed E-state index contributed by atoms with van der Waals surface area (Å²) >= 11 is 0. The van der Waals surface area contributed by atoms with Gasteiger partial charge < -0.3 is 25.3 Å². The van der Waals surface area contributed by atoms with Crippen molar-refractivity contribution in [3.63, 3.8) is 0 Å². The van der Waals surface area contributed by atoms with Crippen molar-refractivity contribution in [2.75, 3.05) is 31.4 Å². The molecule has 0 atom stereocenters. The highest BCUT2D eigenvalue weighted by atomic mass is 16.5. The van der Waals surface area contributed by atoms with Crippen molar-refractivity contribution in [3.8, 4) is 11.5 Å². The first-order valence-corrected chi connectivity index (χ1v) is 10.9. The Morgan fingerprint density at radius 3 is 2.52 bits per heavy atom.